The molecular weight excluding hydrogens is 276 g/mol. The molecule has 1 atom stereocenters. The molecule has 0 aliphatic carbocycles. The molecule has 0 bridgehead atoms. The van der Waals surface area contributed by atoms with Crippen molar-refractivity contribution >= 4 is 5.97 Å². The van der Waals surface area contributed by atoms with E-state index in [1.165, 1.54) is 16.7 Å². The second-order valence-electron chi connectivity index (χ2n) is 5.14. The molecule has 22 heavy (non-hydrogen) atoms. The van der Waals surface area contributed by atoms with Gasteiger partial charge in [-0.3, -0.25) is 4.79 Å². The summed E-state index contributed by atoms with van der Waals surface area (Å²) in [7, 11) is 0. The van der Waals surface area contributed by atoms with E-state index in [4.69, 9.17) is 9.90 Å². The lowest BCUT2D eigenvalue weighted by Gasteiger charge is -2.16. The van der Waals surface area contributed by atoms with Crippen LogP contribution < -0.4 is 0 Å². The Balaban J connectivity index is 0.000000541. The van der Waals surface area contributed by atoms with Crippen LogP contribution in [0.1, 0.15) is 31.7 Å². The molecule has 0 amide bonds. The highest BCUT2D eigenvalue weighted by Crippen LogP contribution is 2.31. The highest BCUT2D eigenvalue weighted by atomic mass is 16.4. The first kappa shape index (κ1) is 17.5. The first-order valence-corrected chi connectivity index (χ1v) is 7.12. The fourth-order valence-electron chi connectivity index (χ4n) is 2.27. The molecule has 116 valence electrons. The largest absolute Gasteiger partial charge is 0.513 e. The van der Waals surface area contributed by atoms with Crippen molar-refractivity contribution in [2.75, 3.05) is 0 Å². The van der Waals surface area contributed by atoms with Gasteiger partial charge in [0.25, 0.3) is 5.97 Å². The zero-order chi connectivity index (χ0) is 16.5. The maximum absolute atomic E-state index is 9.35. The van der Waals surface area contributed by atoms with E-state index in [-0.39, 0.29) is 11.7 Å². The summed E-state index contributed by atoms with van der Waals surface area (Å²) in [6, 6.07) is 18.7. The number of carboxylic acids is 1. The van der Waals surface area contributed by atoms with Gasteiger partial charge < -0.3 is 10.2 Å². The number of aliphatic carboxylic acids is 1. The van der Waals surface area contributed by atoms with E-state index in [9.17, 15) is 5.11 Å². The normalized spacial score (nSPS) is 11.0. The molecule has 0 saturated carbocycles. The summed E-state index contributed by atoms with van der Waals surface area (Å²) in [5.41, 5.74) is 3.69. The maximum atomic E-state index is 9.35. The number of hydrogen-bond donors (Lipinski definition) is 2. The van der Waals surface area contributed by atoms with Gasteiger partial charge in [0.2, 0.25) is 0 Å². The highest BCUT2D eigenvalue weighted by Gasteiger charge is 2.12. The zero-order valence-electron chi connectivity index (χ0n) is 13.0. The number of benzene rings is 2. The number of hydrogen-bond acceptors (Lipinski definition) is 2. The van der Waals surface area contributed by atoms with E-state index in [0.29, 0.717) is 6.42 Å². The Hall–Kier alpha value is -2.55. The van der Waals surface area contributed by atoms with Crippen molar-refractivity contribution in [1.29, 1.82) is 0 Å². The number of allylic oxidation sites excluding steroid dienone is 1. The van der Waals surface area contributed by atoms with Crippen LogP contribution in [0.4, 0.5) is 0 Å². The molecule has 0 heterocycles. The van der Waals surface area contributed by atoms with Gasteiger partial charge in [-0.2, -0.15) is 0 Å². The molecule has 0 aliphatic heterocycles. The van der Waals surface area contributed by atoms with E-state index in [1.807, 2.05) is 30.3 Å². The standard InChI is InChI=1S/C17H18O.C2H4O2/c1-13(12-14(2)18)16-10-6-7-11-17(16)15-8-4-3-5-9-15;1-2(3)4/h3-11,13,18H,2,12H2,1H3;1H3,(H,3,4). The Morgan fingerprint density at radius 3 is 2.09 bits per heavy atom. The summed E-state index contributed by atoms with van der Waals surface area (Å²) in [6.07, 6.45) is 0.601. The summed E-state index contributed by atoms with van der Waals surface area (Å²) >= 11 is 0. The van der Waals surface area contributed by atoms with Crippen molar-refractivity contribution in [3.63, 3.8) is 0 Å². The van der Waals surface area contributed by atoms with Crippen LogP contribution in [0.2, 0.25) is 0 Å². The molecule has 0 spiro atoms. The van der Waals surface area contributed by atoms with Gasteiger partial charge in [-0.15, -0.1) is 0 Å². The molecule has 3 heteroatoms. The summed E-state index contributed by atoms with van der Waals surface area (Å²) in [6.45, 7) is 6.78. The molecule has 2 rings (SSSR count). The van der Waals surface area contributed by atoms with Gasteiger partial charge in [0.15, 0.2) is 0 Å². The molecule has 3 nitrogen and oxygen atoms in total. The first-order valence-electron chi connectivity index (χ1n) is 7.12. The smallest absolute Gasteiger partial charge is 0.300 e. The molecular formula is C19H22O3. The van der Waals surface area contributed by atoms with Crippen LogP contribution in [0.3, 0.4) is 0 Å². The molecule has 0 saturated heterocycles. The summed E-state index contributed by atoms with van der Waals surface area (Å²) in [4.78, 5) is 9.00. The predicted octanol–water partition coefficient (Wildman–Crippen LogP) is 5.01. The van der Waals surface area contributed by atoms with Crippen LogP contribution in [-0.4, -0.2) is 16.2 Å². The number of rotatable bonds is 4. The third kappa shape index (κ3) is 5.83. The monoisotopic (exact) mass is 298 g/mol. The molecule has 1 unspecified atom stereocenters. The van der Waals surface area contributed by atoms with Crippen LogP contribution >= 0.6 is 0 Å². The van der Waals surface area contributed by atoms with Gasteiger partial charge in [-0.25, -0.2) is 0 Å². The third-order valence-electron chi connectivity index (χ3n) is 3.12. The van der Waals surface area contributed by atoms with E-state index in [2.05, 4.69) is 37.8 Å². The third-order valence-corrected chi connectivity index (χ3v) is 3.12. The fraction of sp³-hybridized carbons (Fsp3) is 0.211. The predicted molar refractivity (Wildman–Crippen MR) is 90.0 cm³/mol. The Morgan fingerprint density at radius 1 is 1.05 bits per heavy atom. The lowest BCUT2D eigenvalue weighted by Crippen LogP contribution is -1.98. The number of carboxylic acid groups (broad SMARTS) is 1. The lowest BCUT2D eigenvalue weighted by atomic mass is 9.89. The highest BCUT2D eigenvalue weighted by molar-refractivity contribution is 5.68. The molecule has 2 aromatic carbocycles. The van der Waals surface area contributed by atoms with Crippen molar-refractivity contribution in [2.24, 2.45) is 0 Å². The van der Waals surface area contributed by atoms with Crippen LogP contribution in [0.5, 0.6) is 0 Å². The maximum Gasteiger partial charge on any atom is 0.300 e. The topological polar surface area (TPSA) is 57.5 Å². The first-order chi connectivity index (χ1) is 10.4. The SMILES string of the molecule is C=C(O)CC(C)c1ccccc1-c1ccccc1.CC(=O)O. The molecule has 0 aromatic heterocycles. The summed E-state index contributed by atoms with van der Waals surface area (Å²) < 4.78 is 0. The van der Waals surface area contributed by atoms with Gasteiger partial charge in [0.05, 0.1) is 5.76 Å². The minimum Gasteiger partial charge on any atom is -0.513 e. The molecule has 0 fully saturated rings. The second-order valence-corrected chi connectivity index (χ2v) is 5.14. The minimum atomic E-state index is -0.833. The van der Waals surface area contributed by atoms with Crippen molar-refractivity contribution in [3.8, 4) is 11.1 Å². The Bertz CT molecular complexity index is 614. The van der Waals surface area contributed by atoms with E-state index >= 15 is 0 Å². The average Bonchev–Trinajstić information content (AvgIpc) is 2.47. The average molecular weight is 298 g/mol. The van der Waals surface area contributed by atoms with Gasteiger partial charge >= 0.3 is 0 Å². The van der Waals surface area contributed by atoms with Crippen molar-refractivity contribution in [3.05, 3.63) is 72.5 Å². The molecule has 0 aliphatic rings. The van der Waals surface area contributed by atoms with Crippen molar-refractivity contribution in [2.45, 2.75) is 26.2 Å². The number of aliphatic hydroxyl groups is 1. The Kier molecular flexibility index (Phi) is 6.90. The van der Waals surface area contributed by atoms with Gasteiger partial charge in [-0.1, -0.05) is 68.1 Å². The van der Waals surface area contributed by atoms with E-state index in [0.717, 1.165) is 6.92 Å². The second kappa shape index (κ2) is 8.67. The van der Waals surface area contributed by atoms with Gasteiger partial charge in [-0.05, 0) is 22.6 Å². The van der Waals surface area contributed by atoms with E-state index < -0.39 is 5.97 Å². The Labute approximate surface area is 131 Å². The number of aliphatic hydroxyl groups excluding tert-OH is 1. The van der Waals surface area contributed by atoms with Gasteiger partial charge in [0, 0.05) is 13.3 Å². The number of carbonyl (C=O) groups is 1. The minimum absolute atomic E-state index is 0.241. The fourth-order valence-corrected chi connectivity index (χ4v) is 2.27. The zero-order valence-corrected chi connectivity index (χ0v) is 13.0. The molecule has 2 N–H and O–H groups in total. The van der Waals surface area contributed by atoms with Crippen LogP contribution in [0.25, 0.3) is 11.1 Å². The van der Waals surface area contributed by atoms with Gasteiger partial charge in [0.1, 0.15) is 0 Å². The molecule has 2 aromatic rings. The molecule has 0 radical (unpaired) electrons. The van der Waals surface area contributed by atoms with Crippen molar-refractivity contribution in [1.82, 2.24) is 0 Å². The summed E-state index contributed by atoms with van der Waals surface area (Å²) in [5.74, 6) is -0.329. The van der Waals surface area contributed by atoms with Crippen LogP contribution in [-0.2, 0) is 4.79 Å². The van der Waals surface area contributed by atoms with Crippen molar-refractivity contribution < 1.29 is 15.0 Å². The van der Waals surface area contributed by atoms with Crippen LogP contribution in [0, 0.1) is 0 Å². The Morgan fingerprint density at radius 2 is 1.55 bits per heavy atom. The van der Waals surface area contributed by atoms with E-state index in [1.54, 1.807) is 0 Å². The van der Waals surface area contributed by atoms with Crippen LogP contribution in [0.15, 0.2) is 66.9 Å². The quantitative estimate of drug-likeness (QED) is 0.780. The lowest BCUT2D eigenvalue weighted by molar-refractivity contribution is -0.134. The summed E-state index contributed by atoms with van der Waals surface area (Å²) in [5, 5.41) is 16.8.